The number of amides is 2. The van der Waals surface area contributed by atoms with Gasteiger partial charge in [-0.05, 0) is 64.7 Å². The van der Waals surface area contributed by atoms with Crippen LogP contribution in [0, 0.1) is 5.82 Å². The molecule has 0 spiro atoms. The zero-order chi connectivity index (χ0) is 34.8. The lowest BCUT2D eigenvalue weighted by molar-refractivity contribution is -0.106. The van der Waals surface area contributed by atoms with Crippen LogP contribution in [0.2, 0.25) is 5.02 Å². The van der Waals surface area contributed by atoms with Crippen molar-refractivity contribution in [3.8, 4) is 11.3 Å². The minimum absolute atomic E-state index is 0.0602. The zero-order valence-electron chi connectivity index (χ0n) is 28.9. The Bertz CT molecular complexity index is 1620. The number of halogens is 2. The zero-order valence-corrected chi connectivity index (χ0v) is 29.6. The van der Waals surface area contributed by atoms with Crippen molar-refractivity contribution in [3.05, 3.63) is 64.5 Å². The van der Waals surface area contributed by atoms with Gasteiger partial charge in [-0.2, -0.15) is 0 Å². The summed E-state index contributed by atoms with van der Waals surface area (Å²) in [6.45, 7) is 18.2. The molecule has 12 heteroatoms. The molecule has 2 atom stereocenters. The normalized spacial score (nSPS) is 17.4. The lowest BCUT2D eigenvalue weighted by Crippen LogP contribution is -2.60. The third-order valence-electron chi connectivity index (χ3n) is 7.90. The van der Waals surface area contributed by atoms with Crippen LogP contribution in [0.15, 0.2) is 41.7 Å². The predicted octanol–water partition coefficient (Wildman–Crippen LogP) is 7.58. The number of carbonyl (C=O) groups is 2. The Morgan fingerprint density at radius 2 is 1.66 bits per heavy atom. The van der Waals surface area contributed by atoms with Crippen molar-refractivity contribution in [2.75, 3.05) is 25.0 Å². The number of aromatic nitrogens is 3. The summed E-state index contributed by atoms with van der Waals surface area (Å²) in [5, 5.41) is 0.186. The van der Waals surface area contributed by atoms with Gasteiger partial charge in [0, 0.05) is 37.8 Å². The van der Waals surface area contributed by atoms with Crippen LogP contribution in [0.1, 0.15) is 91.1 Å². The van der Waals surface area contributed by atoms with E-state index < -0.39 is 11.4 Å². The fourth-order valence-corrected chi connectivity index (χ4v) is 6.22. The lowest BCUT2D eigenvalue weighted by Gasteiger charge is -2.46. The number of pyridine rings is 1. The number of hydrogen-bond donors (Lipinski definition) is 0. The second-order valence-electron chi connectivity index (χ2n) is 13.5. The van der Waals surface area contributed by atoms with Crippen LogP contribution in [0.4, 0.5) is 20.7 Å². The minimum atomic E-state index is -0.628. The third kappa shape index (κ3) is 7.56. The fourth-order valence-electron chi connectivity index (χ4n) is 5.97. The van der Waals surface area contributed by atoms with Gasteiger partial charge in [0.2, 0.25) is 6.41 Å². The number of ether oxygens (including phenoxy) is 1. The van der Waals surface area contributed by atoms with Crippen LogP contribution in [0.25, 0.3) is 11.3 Å². The highest BCUT2D eigenvalue weighted by Crippen LogP contribution is 2.40. The van der Waals surface area contributed by atoms with Crippen molar-refractivity contribution in [1.29, 1.82) is 0 Å². The summed E-state index contributed by atoms with van der Waals surface area (Å²) < 4.78 is 20.8. The topological polar surface area (TPSA) is 104 Å². The summed E-state index contributed by atoms with van der Waals surface area (Å²) >= 11 is 6.90. The summed E-state index contributed by atoms with van der Waals surface area (Å²) in [4.78, 5) is 50.3. The van der Waals surface area contributed by atoms with Crippen LogP contribution in [0.5, 0.6) is 0 Å². The van der Waals surface area contributed by atoms with Gasteiger partial charge in [-0.3, -0.25) is 14.7 Å². The van der Waals surface area contributed by atoms with Crippen LogP contribution in [-0.4, -0.2) is 80.9 Å². The number of anilines is 2. The Hall–Kier alpha value is -4.12. The molecule has 47 heavy (non-hydrogen) atoms. The van der Waals surface area contributed by atoms with E-state index >= 15 is 4.39 Å². The summed E-state index contributed by atoms with van der Waals surface area (Å²) in [7, 11) is 1.66. The molecule has 0 bridgehead atoms. The summed E-state index contributed by atoms with van der Waals surface area (Å²) in [6, 6.07) is 7.49. The molecule has 1 saturated heterocycles. The minimum Gasteiger partial charge on any atom is -0.444 e. The molecule has 252 valence electrons. The Morgan fingerprint density at radius 1 is 1.09 bits per heavy atom. The molecule has 0 saturated carbocycles. The average molecular weight is 666 g/mol. The van der Waals surface area contributed by atoms with Gasteiger partial charge in [0.15, 0.2) is 5.82 Å². The first-order chi connectivity index (χ1) is 22.1. The highest BCUT2D eigenvalue weighted by atomic mass is 35.5. The molecule has 2 aromatic heterocycles. The molecule has 0 radical (unpaired) electrons. The average Bonchev–Trinajstić information content (AvgIpc) is 2.99. The van der Waals surface area contributed by atoms with E-state index in [0.29, 0.717) is 48.0 Å². The van der Waals surface area contributed by atoms with Crippen LogP contribution in [-0.2, 0) is 9.53 Å². The van der Waals surface area contributed by atoms with Crippen molar-refractivity contribution < 1.29 is 18.7 Å². The number of rotatable bonds is 7. The number of nitrogens with zero attached hydrogens (tertiary/aromatic N) is 7. The molecule has 1 unspecified atom stereocenters. The number of amidine groups is 1. The van der Waals surface area contributed by atoms with Crippen LogP contribution < -0.4 is 4.90 Å². The van der Waals surface area contributed by atoms with E-state index in [1.54, 1.807) is 36.2 Å². The van der Waals surface area contributed by atoms with Gasteiger partial charge in [0.25, 0.3) is 0 Å². The van der Waals surface area contributed by atoms with E-state index in [-0.39, 0.29) is 52.1 Å². The number of benzene rings is 1. The molecular weight excluding hydrogens is 621 g/mol. The maximum Gasteiger partial charge on any atom is 0.410 e. The van der Waals surface area contributed by atoms with E-state index in [1.807, 2.05) is 62.3 Å². The molecule has 1 aliphatic heterocycles. The van der Waals surface area contributed by atoms with Gasteiger partial charge >= 0.3 is 6.09 Å². The van der Waals surface area contributed by atoms with Gasteiger partial charge < -0.3 is 14.5 Å². The monoisotopic (exact) mass is 665 g/mol. The highest BCUT2D eigenvalue weighted by molar-refractivity contribution is 6.33. The van der Waals surface area contributed by atoms with Gasteiger partial charge in [-0.25, -0.2) is 24.1 Å². The standard InChI is InChI=1S/C35H45ClFN7O3/c1-20(2)28-31(29(21(3)4)40-18-39-28)43(19-45)33-25(15-26(36)30(41-33)24-13-11-12-14-27(24)37)32(38-10)44-22(5)16-42(17-23(44)6)34(46)47-35(7,8)9/h11-15,18-23H,16-17H2,1-10H3/b38-32+/t22-,23?/m0/s1. The molecular formula is C35H45ClFN7O3. The van der Waals surface area contributed by atoms with E-state index in [0.717, 1.165) is 0 Å². The van der Waals surface area contributed by atoms with Crippen molar-refractivity contribution in [2.45, 2.75) is 91.8 Å². The molecule has 1 aliphatic rings. The molecule has 4 rings (SSSR count). The van der Waals surface area contributed by atoms with Crippen molar-refractivity contribution in [2.24, 2.45) is 4.99 Å². The van der Waals surface area contributed by atoms with Crippen molar-refractivity contribution in [1.82, 2.24) is 24.8 Å². The largest absolute Gasteiger partial charge is 0.444 e. The van der Waals surface area contributed by atoms with Gasteiger partial charge in [0.05, 0.1) is 33.4 Å². The van der Waals surface area contributed by atoms with Gasteiger partial charge in [-0.15, -0.1) is 0 Å². The summed E-state index contributed by atoms with van der Waals surface area (Å²) in [5.74, 6) is 0.0945. The molecule has 0 N–H and O–H groups in total. The first-order valence-electron chi connectivity index (χ1n) is 15.9. The van der Waals surface area contributed by atoms with Crippen molar-refractivity contribution >= 4 is 41.4 Å². The molecule has 3 aromatic rings. The second-order valence-corrected chi connectivity index (χ2v) is 13.9. The smallest absolute Gasteiger partial charge is 0.410 e. The van der Waals surface area contributed by atoms with Crippen LogP contribution >= 0.6 is 11.6 Å². The molecule has 2 amide bonds. The summed E-state index contributed by atoms with van der Waals surface area (Å²) in [6.07, 6.45) is 1.80. The Kier molecular flexibility index (Phi) is 10.9. The SMILES string of the molecule is C/N=C(\c1cc(Cl)c(-c2ccccc2F)nc1N(C=O)c1c(C(C)C)ncnc1C(C)C)N1C(C)CN(C(=O)OC(C)(C)C)C[C@@H]1C. The van der Waals surface area contributed by atoms with Crippen LogP contribution in [0.3, 0.4) is 0 Å². The van der Waals surface area contributed by atoms with E-state index in [4.69, 9.17) is 26.3 Å². The first-order valence-corrected chi connectivity index (χ1v) is 16.2. The Balaban J connectivity index is 1.95. The number of piperazine rings is 1. The summed E-state index contributed by atoms with van der Waals surface area (Å²) in [5.41, 5.74) is 2.03. The highest BCUT2D eigenvalue weighted by Gasteiger charge is 2.38. The molecule has 10 nitrogen and oxygen atoms in total. The fraction of sp³-hybridized carbons (Fsp3) is 0.486. The van der Waals surface area contributed by atoms with Crippen molar-refractivity contribution in [3.63, 3.8) is 0 Å². The van der Waals surface area contributed by atoms with E-state index in [9.17, 15) is 9.59 Å². The molecule has 1 aromatic carbocycles. The predicted molar refractivity (Wildman–Crippen MR) is 184 cm³/mol. The quantitative estimate of drug-likeness (QED) is 0.146. The molecule has 3 heterocycles. The maximum absolute atomic E-state index is 15.2. The lowest BCUT2D eigenvalue weighted by atomic mass is 9.99. The molecule has 0 aliphatic carbocycles. The molecule has 1 fully saturated rings. The van der Waals surface area contributed by atoms with E-state index in [2.05, 4.69) is 14.9 Å². The Labute approximate surface area is 282 Å². The number of hydrogen-bond acceptors (Lipinski definition) is 7. The number of aliphatic imine (C=N–C) groups is 1. The second kappa shape index (κ2) is 14.3. The van der Waals surface area contributed by atoms with Gasteiger partial charge in [-0.1, -0.05) is 51.4 Å². The van der Waals surface area contributed by atoms with E-state index in [1.165, 1.54) is 17.3 Å². The first kappa shape index (κ1) is 35.7. The Morgan fingerprint density at radius 3 is 2.15 bits per heavy atom. The maximum atomic E-state index is 15.2. The number of carbonyl (C=O) groups excluding carboxylic acids is 2. The van der Waals surface area contributed by atoms with Gasteiger partial charge in [0.1, 0.15) is 23.6 Å². The third-order valence-corrected chi connectivity index (χ3v) is 8.19.